The highest BCUT2D eigenvalue weighted by Crippen LogP contribution is 2.25. The minimum Gasteiger partial charge on any atom is -0.359 e. The second-order valence-electron chi connectivity index (χ2n) is 7.31. The lowest BCUT2D eigenvalue weighted by Crippen LogP contribution is -2.36. The first kappa shape index (κ1) is 22.0. The third-order valence-electron chi connectivity index (χ3n) is 4.89. The molecule has 4 heterocycles. The van der Waals surface area contributed by atoms with Crippen molar-refractivity contribution in [2.75, 3.05) is 11.9 Å². The molecule has 0 aromatic carbocycles. The SMILES string of the molecule is Cc1cnc(NCC(F)(F)c2ccccn2)c(=O)n1CC(=O)NCc1cnc2nc[nH]c2c1.[HH].[HH].[HH]. The second-order valence-corrected chi connectivity index (χ2v) is 7.31. The summed E-state index contributed by atoms with van der Waals surface area (Å²) in [5, 5.41) is 5.10. The monoisotopic (exact) mass is 460 g/mol. The van der Waals surface area contributed by atoms with Crippen LogP contribution in [0.3, 0.4) is 0 Å². The van der Waals surface area contributed by atoms with Crippen LogP contribution in [0.1, 0.15) is 21.2 Å². The van der Waals surface area contributed by atoms with Crippen LogP contribution in [-0.2, 0) is 23.8 Å². The Hall–Kier alpha value is -4.22. The topological polar surface area (TPSA) is 130 Å². The third kappa shape index (κ3) is 5.00. The lowest BCUT2D eigenvalue weighted by molar-refractivity contribution is -0.121. The van der Waals surface area contributed by atoms with Gasteiger partial charge in [0.2, 0.25) is 5.91 Å². The molecule has 10 nitrogen and oxygen atoms in total. The van der Waals surface area contributed by atoms with Gasteiger partial charge in [-0.3, -0.25) is 19.1 Å². The number of H-pyrrole nitrogens is 1. The summed E-state index contributed by atoms with van der Waals surface area (Å²) in [6.45, 7) is 0.633. The minimum atomic E-state index is -3.31. The number of aromatic nitrogens is 6. The van der Waals surface area contributed by atoms with E-state index in [4.69, 9.17) is 0 Å². The number of carbonyl (C=O) groups excluding carboxylic acids is 1. The Labute approximate surface area is 190 Å². The number of imidazole rings is 1. The molecule has 0 atom stereocenters. The fourth-order valence-electron chi connectivity index (χ4n) is 3.12. The van der Waals surface area contributed by atoms with E-state index in [2.05, 4.69) is 35.6 Å². The van der Waals surface area contributed by atoms with Crippen molar-refractivity contribution in [3.63, 3.8) is 0 Å². The van der Waals surface area contributed by atoms with E-state index in [-0.39, 0.29) is 23.2 Å². The van der Waals surface area contributed by atoms with E-state index in [1.54, 1.807) is 13.1 Å². The standard InChI is InChI=1S/C21H20F2N8O2.3H2/c1-13-7-26-19(28-11-21(22,23)16-4-2-3-5-24-16)20(33)31(13)10-17(32)25-8-14-6-15-18(27-9-14)30-12-29-15;;;/h2-7,9,12H,8,10-11H2,1H3,(H,25,32)(H,26,28)(H,27,29,30);3*1H. The Morgan fingerprint density at radius 2 is 2.06 bits per heavy atom. The average molecular weight is 460 g/mol. The molecule has 0 bridgehead atoms. The second kappa shape index (κ2) is 9.10. The summed E-state index contributed by atoms with van der Waals surface area (Å²) in [7, 11) is 0. The molecule has 3 N–H and O–H groups in total. The quantitative estimate of drug-likeness (QED) is 0.368. The van der Waals surface area contributed by atoms with Gasteiger partial charge in [-0.1, -0.05) is 6.07 Å². The molecule has 0 saturated carbocycles. The normalized spacial score (nSPS) is 11.5. The Morgan fingerprint density at radius 1 is 1.21 bits per heavy atom. The number of anilines is 1. The van der Waals surface area contributed by atoms with Crippen molar-refractivity contribution in [1.29, 1.82) is 0 Å². The van der Waals surface area contributed by atoms with Crippen molar-refractivity contribution in [3.05, 3.63) is 76.5 Å². The maximum atomic E-state index is 14.4. The first-order valence-corrected chi connectivity index (χ1v) is 9.98. The zero-order valence-corrected chi connectivity index (χ0v) is 17.5. The lowest BCUT2D eigenvalue weighted by Gasteiger charge is -2.17. The molecule has 33 heavy (non-hydrogen) atoms. The van der Waals surface area contributed by atoms with E-state index in [1.807, 2.05) is 6.07 Å². The molecular weight excluding hydrogens is 434 g/mol. The molecule has 0 aliphatic rings. The zero-order chi connectivity index (χ0) is 23.4. The fraction of sp³-hybridized carbons (Fsp3) is 0.238. The van der Waals surface area contributed by atoms with Crippen LogP contribution in [0.25, 0.3) is 11.2 Å². The van der Waals surface area contributed by atoms with Crippen molar-refractivity contribution in [1.82, 2.24) is 34.8 Å². The molecule has 1 amide bonds. The highest BCUT2D eigenvalue weighted by atomic mass is 19.3. The smallest absolute Gasteiger partial charge is 0.306 e. The number of hydrogen-bond donors (Lipinski definition) is 3. The summed E-state index contributed by atoms with van der Waals surface area (Å²) in [6.07, 6.45) is 5.72. The number of fused-ring (bicyclic) bond motifs is 1. The van der Waals surface area contributed by atoms with Crippen LogP contribution in [0.2, 0.25) is 0 Å². The van der Waals surface area contributed by atoms with Gasteiger partial charge in [-0.25, -0.2) is 15.0 Å². The molecule has 4 aromatic rings. The van der Waals surface area contributed by atoms with Crippen LogP contribution in [0, 0.1) is 6.92 Å². The van der Waals surface area contributed by atoms with Crippen LogP contribution in [0.4, 0.5) is 14.6 Å². The van der Waals surface area contributed by atoms with Crippen LogP contribution in [0.5, 0.6) is 0 Å². The molecule has 12 heteroatoms. The molecule has 0 spiro atoms. The molecule has 4 aromatic heterocycles. The Kier molecular flexibility index (Phi) is 6.07. The van der Waals surface area contributed by atoms with Gasteiger partial charge in [-0.05, 0) is 30.7 Å². The average Bonchev–Trinajstić information content (AvgIpc) is 3.28. The Morgan fingerprint density at radius 3 is 2.85 bits per heavy atom. The van der Waals surface area contributed by atoms with Crippen LogP contribution in [0.15, 0.2) is 54.0 Å². The van der Waals surface area contributed by atoms with Crippen LogP contribution in [-0.4, -0.2) is 41.9 Å². The molecule has 0 unspecified atom stereocenters. The van der Waals surface area contributed by atoms with Gasteiger partial charge in [0.25, 0.3) is 5.56 Å². The maximum Gasteiger partial charge on any atom is 0.306 e. The molecule has 0 radical (unpaired) electrons. The van der Waals surface area contributed by atoms with Gasteiger partial charge < -0.3 is 15.6 Å². The van der Waals surface area contributed by atoms with E-state index in [9.17, 15) is 18.4 Å². The van der Waals surface area contributed by atoms with E-state index in [0.29, 0.717) is 11.3 Å². The summed E-state index contributed by atoms with van der Waals surface area (Å²) < 4.78 is 29.9. The van der Waals surface area contributed by atoms with Crippen LogP contribution < -0.4 is 16.2 Å². The number of carbonyl (C=O) groups is 1. The van der Waals surface area contributed by atoms with Crippen molar-refractivity contribution in [3.8, 4) is 0 Å². The molecule has 176 valence electrons. The van der Waals surface area contributed by atoms with Gasteiger partial charge in [0, 0.05) is 35.1 Å². The van der Waals surface area contributed by atoms with Crippen molar-refractivity contribution in [2.24, 2.45) is 0 Å². The van der Waals surface area contributed by atoms with E-state index >= 15 is 0 Å². The summed E-state index contributed by atoms with van der Waals surface area (Å²) >= 11 is 0. The maximum absolute atomic E-state index is 14.4. The number of pyridine rings is 2. The van der Waals surface area contributed by atoms with Gasteiger partial charge in [0.15, 0.2) is 11.5 Å². The van der Waals surface area contributed by atoms with E-state index < -0.39 is 29.6 Å². The summed E-state index contributed by atoms with van der Waals surface area (Å²) in [5.41, 5.74) is 1.37. The number of hydrogen-bond acceptors (Lipinski definition) is 7. The van der Waals surface area contributed by atoms with Gasteiger partial charge >= 0.3 is 5.92 Å². The summed E-state index contributed by atoms with van der Waals surface area (Å²) in [6, 6.07) is 6.00. The molecular formula is C21H26F2N8O2. The zero-order valence-electron chi connectivity index (χ0n) is 17.5. The number of nitrogens with zero attached hydrogens (tertiary/aromatic N) is 5. The first-order chi connectivity index (χ1) is 15.8. The number of aryl methyl sites for hydroxylation is 1. The van der Waals surface area contributed by atoms with Gasteiger partial charge in [0.05, 0.1) is 18.4 Å². The number of aromatic amines is 1. The minimum absolute atomic E-state index is 0. The number of halogens is 2. The van der Waals surface area contributed by atoms with Gasteiger partial charge in [-0.15, -0.1) is 0 Å². The summed E-state index contributed by atoms with van der Waals surface area (Å²) in [5.74, 6) is -4.02. The number of amides is 1. The van der Waals surface area contributed by atoms with E-state index in [1.165, 1.54) is 41.5 Å². The van der Waals surface area contributed by atoms with Crippen molar-refractivity contribution >= 4 is 22.9 Å². The van der Waals surface area contributed by atoms with Gasteiger partial charge in [-0.2, -0.15) is 8.78 Å². The molecule has 4 rings (SSSR count). The number of nitrogens with one attached hydrogen (secondary N) is 3. The summed E-state index contributed by atoms with van der Waals surface area (Å²) in [4.78, 5) is 43.9. The predicted molar refractivity (Wildman–Crippen MR) is 122 cm³/mol. The molecule has 0 aliphatic heterocycles. The molecule has 0 fully saturated rings. The van der Waals surface area contributed by atoms with Crippen molar-refractivity contribution in [2.45, 2.75) is 25.9 Å². The van der Waals surface area contributed by atoms with Crippen molar-refractivity contribution < 1.29 is 17.9 Å². The fourth-order valence-corrected chi connectivity index (χ4v) is 3.12. The first-order valence-electron chi connectivity index (χ1n) is 9.98. The van der Waals surface area contributed by atoms with Gasteiger partial charge in [0.1, 0.15) is 12.2 Å². The highest BCUT2D eigenvalue weighted by Gasteiger charge is 2.33. The highest BCUT2D eigenvalue weighted by molar-refractivity contribution is 5.76. The third-order valence-corrected chi connectivity index (χ3v) is 4.89. The molecule has 0 saturated heterocycles. The predicted octanol–water partition coefficient (Wildman–Crippen LogP) is 2.48. The van der Waals surface area contributed by atoms with E-state index in [0.717, 1.165) is 11.1 Å². The largest absolute Gasteiger partial charge is 0.359 e. The lowest BCUT2D eigenvalue weighted by atomic mass is 10.2. The molecule has 0 aliphatic carbocycles. The number of alkyl halides is 2. The Balaban J connectivity index is 0.00000216. The number of rotatable bonds is 8. The Bertz CT molecular complexity index is 1350. The van der Waals surface area contributed by atoms with Crippen LogP contribution >= 0.6 is 0 Å².